The largest absolute Gasteiger partial charge is 0.481 e. The number of nitrogens with two attached hydrogens (primary N) is 1. The Labute approximate surface area is 126 Å². The van der Waals surface area contributed by atoms with Crippen molar-refractivity contribution in [2.75, 3.05) is 12.3 Å². The van der Waals surface area contributed by atoms with Crippen molar-refractivity contribution in [3.63, 3.8) is 0 Å². The van der Waals surface area contributed by atoms with Gasteiger partial charge in [0.2, 0.25) is 0 Å². The second-order valence-corrected chi connectivity index (χ2v) is 4.16. The van der Waals surface area contributed by atoms with E-state index in [1.807, 2.05) is 0 Å². The molecule has 0 bridgehead atoms. The summed E-state index contributed by atoms with van der Waals surface area (Å²) in [5, 5.41) is 21.9. The molecule has 0 atom stereocenters. The third-order valence-electron chi connectivity index (χ3n) is 2.51. The van der Waals surface area contributed by atoms with Gasteiger partial charge in [0.25, 0.3) is 11.8 Å². The van der Waals surface area contributed by atoms with Gasteiger partial charge in [0.15, 0.2) is 0 Å². The summed E-state index contributed by atoms with van der Waals surface area (Å²) in [4.78, 5) is 33.7. The lowest BCUT2D eigenvalue weighted by Crippen LogP contribution is -2.28. The number of nitrogens with zero attached hydrogens (tertiary/aromatic N) is 1. The summed E-state index contributed by atoms with van der Waals surface area (Å²) in [6, 6.07) is 7.71. The van der Waals surface area contributed by atoms with E-state index in [-0.39, 0.29) is 18.5 Å². The maximum Gasteiger partial charge on any atom is 0.305 e. The van der Waals surface area contributed by atoms with Crippen molar-refractivity contribution in [1.29, 1.82) is 5.26 Å². The second-order valence-electron chi connectivity index (χ2n) is 4.16. The Balaban J connectivity index is 2.63. The lowest BCUT2D eigenvalue weighted by Gasteiger charge is -2.03. The molecule has 1 aromatic carbocycles. The second kappa shape index (κ2) is 8.06. The van der Waals surface area contributed by atoms with Crippen LogP contribution >= 0.6 is 0 Å². The summed E-state index contributed by atoms with van der Waals surface area (Å²) >= 11 is 0. The normalized spacial score (nSPS) is 10.4. The van der Waals surface area contributed by atoms with E-state index in [0.717, 1.165) is 6.20 Å². The summed E-state index contributed by atoms with van der Waals surface area (Å²) in [5.74, 6) is -2.34. The number of carbonyl (C=O) groups excluding carboxylic acids is 2. The zero-order valence-corrected chi connectivity index (χ0v) is 11.5. The lowest BCUT2D eigenvalue weighted by atomic mass is 10.2. The van der Waals surface area contributed by atoms with Crippen LogP contribution in [0, 0.1) is 11.3 Å². The van der Waals surface area contributed by atoms with Gasteiger partial charge in [-0.05, 0) is 24.3 Å². The number of amides is 2. The fourth-order valence-corrected chi connectivity index (χ4v) is 1.38. The molecule has 0 heterocycles. The molecule has 114 valence electrons. The van der Waals surface area contributed by atoms with Crippen molar-refractivity contribution in [1.82, 2.24) is 10.6 Å². The molecule has 0 saturated heterocycles. The van der Waals surface area contributed by atoms with Crippen LogP contribution in [0.25, 0.3) is 0 Å². The number of nitrogens with one attached hydrogen (secondary N) is 2. The molecular formula is C14H14N4O4. The number of hydrogen-bond acceptors (Lipinski definition) is 5. The highest BCUT2D eigenvalue weighted by Crippen LogP contribution is 2.05. The van der Waals surface area contributed by atoms with Crippen LogP contribution in [-0.2, 0) is 9.59 Å². The minimum atomic E-state index is -1.07. The van der Waals surface area contributed by atoms with E-state index in [9.17, 15) is 14.4 Å². The van der Waals surface area contributed by atoms with Crippen molar-refractivity contribution in [3.8, 4) is 6.07 Å². The Morgan fingerprint density at radius 1 is 1.27 bits per heavy atom. The van der Waals surface area contributed by atoms with E-state index < -0.39 is 17.8 Å². The van der Waals surface area contributed by atoms with E-state index in [0.29, 0.717) is 11.3 Å². The summed E-state index contributed by atoms with van der Waals surface area (Å²) < 4.78 is 0. The molecule has 1 rings (SSSR count). The Morgan fingerprint density at radius 3 is 2.45 bits per heavy atom. The standard InChI is InChI=1S/C14H14N4O4/c15-7-10(14(22)17-6-5-12(19)20)8-18-13(21)9-1-3-11(16)4-2-9/h1-4,8H,5-6,16H2,(H,17,22)(H,18,21)(H,19,20)/b10-8-. The van der Waals surface area contributed by atoms with Gasteiger partial charge in [-0.3, -0.25) is 14.4 Å². The van der Waals surface area contributed by atoms with Crippen molar-refractivity contribution >= 4 is 23.5 Å². The molecule has 0 fully saturated rings. The monoisotopic (exact) mass is 302 g/mol. The average molecular weight is 302 g/mol. The number of carboxylic acid groups (broad SMARTS) is 1. The molecule has 2 amide bonds. The van der Waals surface area contributed by atoms with Gasteiger partial charge < -0.3 is 21.5 Å². The van der Waals surface area contributed by atoms with Gasteiger partial charge in [0.1, 0.15) is 11.6 Å². The summed E-state index contributed by atoms with van der Waals surface area (Å²) in [6.45, 7) is -0.112. The minimum Gasteiger partial charge on any atom is -0.481 e. The molecule has 0 aliphatic carbocycles. The molecule has 22 heavy (non-hydrogen) atoms. The maximum atomic E-state index is 11.8. The van der Waals surface area contributed by atoms with Gasteiger partial charge in [-0.2, -0.15) is 5.26 Å². The van der Waals surface area contributed by atoms with Gasteiger partial charge in [-0.25, -0.2) is 0 Å². The fourth-order valence-electron chi connectivity index (χ4n) is 1.38. The lowest BCUT2D eigenvalue weighted by molar-refractivity contribution is -0.136. The highest BCUT2D eigenvalue weighted by atomic mass is 16.4. The molecule has 8 heteroatoms. The van der Waals surface area contributed by atoms with Crippen molar-refractivity contribution in [3.05, 3.63) is 41.6 Å². The van der Waals surface area contributed by atoms with Crippen LogP contribution in [0.1, 0.15) is 16.8 Å². The van der Waals surface area contributed by atoms with Gasteiger partial charge in [-0.15, -0.1) is 0 Å². The van der Waals surface area contributed by atoms with Crippen molar-refractivity contribution in [2.45, 2.75) is 6.42 Å². The van der Waals surface area contributed by atoms with Crippen molar-refractivity contribution < 1.29 is 19.5 Å². The van der Waals surface area contributed by atoms with E-state index >= 15 is 0 Å². The first kappa shape index (κ1) is 16.7. The molecule has 0 saturated carbocycles. The Morgan fingerprint density at radius 2 is 1.91 bits per heavy atom. The smallest absolute Gasteiger partial charge is 0.305 e. The van der Waals surface area contributed by atoms with E-state index in [1.54, 1.807) is 18.2 Å². The maximum absolute atomic E-state index is 11.8. The fraction of sp³-hybridized carbons (Fsp3) is 0.143. The average Bonchev–Trinajstić information content (AvgIpc) is 2.48. The molecule has 0 spiro atoms. The molecule has 0 radical (unpaired) electrons. The predicted molar refractivity (Wildman–Crippen MR) is 77.3 cm³/mol. The number of hydrogen-bond donors (Lipinski definition) is 4. The molecule has 0 aliphatic heterocycles. The van der Waals surface area contributed by atoms with Crippen LogP contribution in [-0.4, -0.2) is 29.4 Å². The van der Waals surface area contributed by atoms with Gasteiger partial charge >= 0.3 is 5.97 Å². The van der Waals surface area contributed by atoms with Crippen LogP contribution < -0.4 is 16.4 Å². The number of aliphatic carboxylic acids is 1. The quantitative estimate of drug-likeness (QED) is 0.330. The molecule has 0 unspecified atom stereocenters. The molecule has 5 N–H and O–H groups in total. The van der Waals surface area contributed by atoms with Crippen LogP contribution in [0.15, 0.2) is 36.0 Å². The number of carbonyl (C=O) groups is 3. The van der Waals surface area contributed by atoms with Gasteiger partial charge in [0.05, 0.1) is 6.42 Å². The highest BCUT2D eigenvalue weighted by Gasteiger charge is 2.10. The summed E-state index contributed by atoms with van der Waals surface area (Å²) in [5.41, 5.74) is 5.97. The number of benzene rings is 1. The van der Waals surface area contributed by atoms with Crippen LogP contribution in [0.4, 0.5) is 5.69 Å². The van der Waals surface area contributed by atoms with Crippen LogP contribution in [0.2, 0.25) is 0 Å². The number of nitrogen functional groups attached to an aromatic ring is 1. The Kier molecular flexibility index (Phi) is 6.12. The first-order valence-corrected chi connectivity index (χ1v) is 6.20. The highest BCUT2D eigenvalue weighted by molar-refractivity contribution is 5.99. The SMILES string of the molecule is N#C/C(=C/NC(=O)c1ccc(N)cc1)C(=O)NCCC(=O)O. The summed E-state index contributed by atoms with van der Waals surface area (Å²) in [6.07, 6.45) is 0.705. The predicted octanol–water partition coefficient (Wildman–Crippen LogP) is -0.00302. The number of rotatable bonds is 6. The van der Waals surface area contributed by atoms with Crippen LogP contribution in [0.5, 0.6) is 0 Å². The Hall–Kier alpha value is -3.34. The molecule has 0 aromatic heterocycles. The molecule has 0 aliphatic rings. The van der Waals surface area contributed by atoms with Crippen LogP contribution in [0.3, 0.4) is 0 Å². The zero-order chi connectivity index (χ0) is 16.5. The van der Waals surface area contributed by atoms with Crippen molar-refractivity contribution in [2.24, 2.45) is 0 Å². The van der Waals surface area contributed by atoms with Gasteiger partial charge in [0, 0.05) is 24.0 Å². The van der Waals surface area contributed by atoms with E-state index in [1.165, 1.54) is 12.1 Å². The van der Waals surface area contributed by atoms with Gasteiger partial charge in [-0.1, -0.05) is 0 Å². The number of nitriles is 1. The number of anilines is 1. The number of carboxylic acids is 1. The molecular weight excluding hydrogens is 288 g/mol. The zero-order valence-electron chi connectivity index (χ0n) is 11.5. The topological polar surface area (TPSA) is 145 Å². The third-order valence-corrected chi connectivity index (χ3v) is 2.51. The minimum absolute atomic E-state index is 0.112. The first-order valence-electron chi connectivity index (χ1n) is 6.20. The van der Waals surface area contributed by atoms with E-state index in [2.05, 4.69) is 10.6 Å². The molecule has 1 aromatic rings. The first-order chi connectivity index (χ1) is 10.4. The molecule has 8 nitrogen and oxygen atoms in total. The Bertz CT molecular complexity index is 644. The summed E-state index contributed by atoms with van der Waals surface area (Å²) in [7, 11) is 0. The third kappa shape index (κ3) is 5.34. The van der Waals surface area contributed by atoms with E-state index in [4.69, 9.17) is 16.1 Å².